The molecule has 2 aromatic rings. The van der Waals surface area contributed by atoms with Crippen molar-refractivity contribution >= 4 is 34.8 Å². The fourth-order valence-electron chi connectivity index (χ4n) is 3.10. The summed E-state index contributed by atoms with van der Waals surface area (Å²) in [5.41, 5.74) is 1.00. The first-order valence-corrected chi connectivity index (χ1v) is 8.29. The van der Waals surface area contributed by atoms with Gasteiger partial charge in [0.2, 0.25) is 12.3 Å². The molecule has 1 aromatic carbocycles. The number of nitrogens with zero attached hydrogens (tertiary/aromatic N) is 3. The van der Waals surface area contributed by atoms with Gasteiger partial charge < -0.3 is 15.5 Å². The normalized spacial score (nSPS) is 17.8. The van der Waals surface area contributed by atoms with Crippen LogP contribution in [0.5, 0.6) is 0 Å². The lowest BCUT2D eigenvalue weighted by Crippen LogP contribution is -2.43. The van der Waals surface area contributed by atoms with E-state index in [1.54, 1.807) is 24.3 Å². The monoisotopic (exact) mass is 387 g/mol. The summed E-state index contributed by atoms with van der Waals surface area (Å²) < 4.78 is 26.9. The number of carbonyl (C=O) groups excluding carboxylic acids is 3. The number of halogens is 2. The molecule has 144 valence electrons. The maximum absolute atomic E-state index is 13.5. The number of hydrogen-bond donors (Lipinski definition) is 2. The summed E-state index contributed by atoms with van der Waals surface area (Å²) in [6, 6.07) is 6.77. The predicted octanol–water partition coefficient (Wildman–Crippen LogP) is 1.29. The lowest BCUT2D eigenvalue weighted by atomic mass is 10.1. The van der Waals surface area contributed by atoms with E-state index in [1.807, 2.05) is 0 Å². The molecule has 3 amide bonds. The van der Waals surface area contributed by atoms with Crippen LogP contribution < -0.4 is 10.6 Å². The molecule has 1 aliphatic heterocycles. The number of hydrogen-bond acceptors (Lipinski definition) is 5. The first-order valence-electron chi connectivity index (χ1n) is 8.29. The zero-order valence-electron chi connectivity index (χ0n) is 14.5. The van der Waals surface area contributed by atoms with Crippen molar-refractivity contribution in [2.24, 2.45) is 0 Å². The SMILES string of the molecule is N#C[C@@H]1CC(F)(F)CN1C(=O)CNC(=O)c1ccnc2c(NC=O)cccc12. The van der Waals surface area contributed by atoms with Crippen LogP contribution in [0.4, 0.5) is 14.5 Å². The van der Waals surface area contributed by atoms with Gasteiger partial charge in [-0.1, -0.05) is 12.1 Å². The number of fused-ring (bicyclic) bond motifs is 1. The Labute approximate surface area is 158 Å². The molecule has 0 unspecified atom stereocenters. The number of aromatic nitrogens is 1. The first-order chi connectivity index (χ1) is 13.4. The lowest BCUT2D eigenvalue weighted by Gasteiger charge is -2.19. The van der Waals surface area contributed by atoms with Crippen molar-refractivity contribution < 1.29 is 23.2 Å². The standard InChI is InChI=1S/C18H15F2N5O3/c19-18(20)6-11(7-21)25(9-18)15(27)8-23-17(28)13-4-5-22-16-12(13)2-1-3-14(16)24-10-26/h1-5,10-11H,6,8-9H2,(H,23,28)(H,24,26)/t11-/m0/s1. The van der Waals surface area contributed by atoms with E-state index in [1.165, 1.54) is 12.3 Å². The summed E-state index contributed by atoms with van der Waals surface area (Å²) in [6.07, 6.45) is 1.14. The maximum atomic E-state index is 13.5. The molecule has 1 aliphatic rings. The largest absolute Gasteiger partial charge is 0.343 e. The smallest absolute Gasteiger partial charge is 0.268 e. The average molecular weight is 387 g/mol. The zero-order chi connectivity index (χ0) is 20.3. The summed E-state index contributed by atoms with van der Waals surface area (Å²) in [5, 5.41) is 14.3. The van der Waals surface area contributed by atoms with Gasteiger partial charge in [-0.3, -0.25) is 19.4 Å². The second kappa shape index (κ2) is 7.56. The third kappa shape index (κ3) is 3.73. The van der Waals surface area contributed by atoms with Crippen molar-refractivity contribution in [1.29, 1.82) is 5.26 Å². The van der Waals surface area contributed by atoms with E-state index in [4.69, 9.17) is 5.26 Å². The van der Waals surface area contributed by atoms with E-state index in [0.717, 1.165) is 4.90 Å². The lowest BCUT2D eigenvalue weighted by molar-refractivity contribution is -0.131. The van der Waals surface area contributed by atoms with Crippen LogP contribution >= 0.6 is 0 Å². The predicted molar refractivity (Wildman–Crippen MR) is 94.4 cm³/mol. The van der Waals surface area contributed by atoms with Gasteiger partial charge in [0.25, 0.3) is 11.8 Å². The maximum Gasteiger partial charge on any atom is 0.268 e. The van der Waals surface area contributed by atoms with E-state index in [0.29, 0.717) is 23.0 Å². The Morgan fingerprint density at radius 2 is 2.18 bits per heavy atom. The van der Waals surface area contributed by atoms with Crippen molar-refractivity contribution in [2.45, 2.75) is 18.4 Å². The van der Waals surface area contributed by atoms with E-state index >= 15 is 0 Å². The fourth-order valence-corrected chi connectivity index (χ4v) is 3.10. The van der Waals surface area contributed by atoms with E-state index in [9.17, 15) is 23.2 Å². The molecule has 1 atom stereocenters. The number of alkyl halides is 2. The van der Waals surface area contributed by atoms with Gasteiger partial charge in [-0.25, -0.2) is 8.78 Å². The van der Waals surface area contributed by atoms with Crippen molar-refractivity contribution in [2.75, 3.05) is 18.4 Å². The number of likely N-dealkylation sites (tertiary alicyclic amines) is 1. The summed E-state index contributed by atoms with van der Waals surface area (Å²) in [7, 11) is 0. The minimum Gasteiger partial charge on any atom is -0.343 e. The quantitative estimate of drug-likeness (QED) is 0.751. The Balaban J connectivity index is 1.75. The van der Waals surface area contributed by atoms with Crippen LogP contribution in [-0.2, 0) is 9.59 Å². The number of pyridine rings is 1. The molecule has 2 heterocycles. The van der Waals surface area contributed by atoms with E-state index in [2.05, 4.69) is 15.6 Å². The molecule has 0 aliphatic carbocycles. The second-order valence-corrected chi connectivity index (χ2v) is 6.23. The van der Waals surface area contributed by atoms with E-state index < -0.39 is 43.3 Å². The van der Waals surface area contributed by atoms with Gasteiger partial charge in [0.05, 0.1) is 35.9 Å². The first kappa shape index (κ1) is 19.2. The van der Waals surface area contributed by atoms with Gasteiger partial charge in [-0.2, -0.15) is 5.26 Å². The Morgan fingerprint density at radius 3 is 2.89 bits per heavy atom. The molecule has 0 saturated carbocycles. The summed E-state index contributed by atoms with van der Waals surface area (Å²) in [5.74, 6) is -4.49. The number of anilines is 1. The van der Waals surface area contributed by atoms with Crippen molar-refractivity contribution in [3.63, 3.8) is 0 Å². The molecule has 28 heavy (non-hydrogen) atoms. The zero-order valence-corrected chi connectivity index (χ0v) is 14.5. The van der Waals surface area contributed by atoms with E-state index in [-0.39, 0.29) is 5.56 Å². The molecule has 0 spiro atoms. The number of benzene rings is 1. The Morgan fingerprint density at radius 1 is 1.39 bits per heavy atom. The van der Waals surface area contributed by atoms with Crippen molar-refractivity contribution in [1.82, 2.24) is 15.2 Å². The summed E-state index contributed by atoms with van der Waals surface area (Å²) in [6.45, 7) is -1.37. The van der Waals surface area contributed by atoms with Crippen LogP contribution in [0.2, 0.25) is 0 Å². The number of rotatable bonds is 5. The van der Waals surface area contributed by atoms with Gasteiger partial charge >= 0.3 is 0 Å². The minimum atomic E-state index is -3.12. The average Bonchev–Trinajstić information content (AvgIpc) is 3.00. The number of para-hydroxylation sites is 1. The highest BCUT2D eigenvalue weighted by atomic mass is 19.3. The highest BCUT2D eigenvalue weighted by Gasteiger charge is 2.47. The highest BCUT2D eigenvalue weighted by Crippen LogP contribution is 2.31. The molecule has 1 aromatic heterocycles. The van der Waals surface area contributed by atoms with Gasteiger partial charge in [0.15, 0.2) is 0 Å². The van der Waals surface area contributed by atoms with Crippen LogP contribution in [0.15, 0.2) is 30.5 Å². The van der Waals surface area contributed by atoms with Crippen LogP contribution in [0.1, 0.15) is 16.8 Å². The molecule has 2 N–H and O–H groups in total. The Kier molecular flexibility index (Phi) is 5.17. The molecule has 3 rings (SSSR count). The molecule has 1 fully saturated rings. The van der Waals surface area contributed by atoms with Crippen molar-refractivity contribution in [3.05, 3.63) is 36.0 Å². The number of nitrogens with one attached hydrogen (secondary N) is 2. The van der Waals surface area contributed by atoms with Gasteiger partial charge in [0.1, 0.15) is 6.04 Å². The molecular formula is C18H15F2N5O3. The van der Waals surface area contributed by atoms with Crippen LogP contribution in [0.25, 0.3) is 10.9 Å². The summed E-state index contributed by atoms with van der Waals surface area (Å²) in [4.78, 5) is 40.3. The van der Waals surface area contributed by atoms with Gasteiger partial charge in [-0.05, 0) is 12.1 Å². The molecule has 10 heteroatoms. The summed E-state index contributed by atoms with van der Waals surface area (Å²) >= 11 is 0. The Hall–Kier alpha value is -3.61. The van der Waals surface area contributed by atoms with Gasteiger partial charge in [-0.15, -0.1) is 0 Å². The van der Waals surface area contributed by atoms with Crippen LogP contribution in [0, 0.1) is 11.3 Å². The topological polar surface area (TPSA) is 115 Å². The molecule has 8 nitrogen and oxygen atoms in total. The molecular weight excluding hydrogens is 372 g/mol. The molecule has 0 bridgehead atoms. The fraction of sp³-hybridized carbons (Fsp3) is 0.278. The highest BCUT2D eigenvalue weighted by molar-refractivity contribution is 6.09. The molecule has 0 radical (unpaired) electrons. The van der Waals surface area contributed by atoms with Gasteiger partial charge in [0, 0.05) is 18.0 Å². The number of amides is 3. The molecule has 1 saturated heterocycles. The van der Waals surface area contributed by atoms with Crippen LogP contribution in [-0.4, -0.2) is 53.2 Å². The number of nitriles is 1. The third-order valence-corrected chi connectivity index (χ3v) is 4.37. The van der Waals surface area contributed by atoms with Crippen LogP contribution in [0.3, 0.4) is 0 Å². The number of carbonyl (C=O) groups is 3. The third-order valence-electron chi connectivity index (χ3n) is 4.37. The van der Waals surface area contributed by atoms with Crippen molar-refractivity contribution in [3.8, 4) is 6.07 Å². The minimum absolute atomic E-state index is 0.205. The Bertz CT molecular complexity index is 989. The second-order valence-electron chi connectivity index (χ2n) is 6.23.